The molecule has 1 saturated heterocycles. The number of benzene rings is 1. The molecule has 3 heteroatoms. The summed E-state index contributed by atoms with van der Waals surface area (Å²) in [5, 5.41) is 3.59. The van der Waals surface area contributed by atoms with Gasteiger partial charge in [-0.15, -0.1) is 0 Å². The average Bonchev–Trinajstić information content (AvgIpc) is 2.39. The van der Waals surface area contributed by atoms with Crippen molar-refractivity contribution in [3.8, 4) is 5.75 Å². The maximum Gasteiger partial charge on any atom is 0.119 e. The first-order valence-corrected chi connectivity index (χ1v) is 6.40. The molecule has 1 fully saturated rings. The highest BCUT2D eigenvalue weighted by Gasteiger charge is 2.18. The number of ether oxygens (including phenoxy) is 1. The predicted octanol–water partition coefficient (Wildman–Crippen LogP) is 1.53. The van der Waals surface area contributed by atoms with Crippen LogP contribution in [-0.2, 0) is 6.42 Å². The van der Waals surface area contributed by atoms with Gasteiger partial charge in [-0.2, -0.15) is 0 Å². The van der Waals surface area contributed by atoms with Crippen LogP contribution in [0.5, 0.6) is 5.75 Å². The molecule has 1 aromatic carbocycles. The summed E-state index contributed by atoms with van der Waals surface area (Å²) in [6.07, 6.45) is 1.08. The minimum Gasteiger partial charge on any atom is -0.497 e. The van der Waals surface area contributed by atoms with Crippen LogP contribution < -0.4 is 10.1 Å². The monoisotopic (exact) mass is 234 g/mol. The Kier molecular flexibility index (Phi) is 4.40. The van der Waals surface area contributed by atoms with Crippen molar-refractivity contribution in [2.45, 2.75) is 19.4 Å². The van der Waals surface area contributed by atoms with Gasteiger partial charge in [0.05, 0.1) is 7.11 Å². The van der Waals surface area contributed by atoms with E-state index in [1.807, 2.05) is 6.07 Å². The summed E-state index contributed by atoms with van der Waals surface area (Å²) in [7, 11) is 1.72. The van der Waals surface area contributed by atoms with Crippen LogP contribution in [0.15, 0.2) is 24.3 Å². The molecule has 17 heavy (non-hydrogen) atoms. The van der Waals surface area contributed by atoms with E-state index in [0.717, 1.165) is 31.8 Å². The normalized spacial score (nSPS) is 21.4. The van der Waals surface area contributed by atoms with Crippen LogP contribution in [0.2, 0.25) is 0 Å². The molecule has 1 unspecified atom stereocenters. The van der Waals surface area contributed by atoms with Crippen LogP contribution in [0, 0.1) is 0 Å². The summed E-state index contributed by atoms with van der Waals surface area (Å²) >= 11 is 0. The Hall–Kier alpha value is -1.06. The van der Waals surface area contributed by atoms with Crippen molar-refractivity contribution in [3.63, 3.8) is 0 Å². The van der Waals surface area contributed by atoms with Gasteiger partial charge in [0.2, 0.25) is 0 Å². The number of piperazine rings is 1. The van der Waals surface area contributed by atoms with E-state index in [-0.39, 0.29) is 0 Å². The number of likely N-dealkylation sites (N-methyl/N-ethyl adjacent to an activating group) is 1. The maximum absolute atomic E-state index is 5.26. The molecule has 1 aliphatic heterocycles. The van der Waals surface area contributed by atoms with Crippen LogP contribution in [0.1, 0.15) is 12.5 Å². The van der Waals surface area contributed by atoms with Crippen molar-refractivity contribution >= 4 is 0 Å². The molecule has 0 amide bonds. The highest BCUT2D eigenvalue weighted by molar-refractivity contribution is 5.29. The van der Waals surface area contributed by atoms with E-state index in [4.69, 9.17) is 4.74 Å². The molecule has 0 radical (unpaired) electrons. The lowest BCUT2D eigenvalue weighted by Gasteiger charge is -2.33. The van der Waals surface area contributed by atoms with Gasteiger partial charge in [-0.05, 0) is 30.7 Å². The van der Waals surface area contributed by atoms with E-state index in [0.29, 0.717) is 6.04 Å². The average molecular weight is 234 g/mol. The van der Waals surface area contributed by atoms with Gasteiger partial charge in [0.1, 0.15) is 5.75 Å². The van der Waals surface area contributed by atoms with Gasteiger partial charge in [-0.3, -0.25) is 0 Å². The van der Waals surface area contributed by atoms with Crippen LogP contribution >= 0.6 is 0 Å². The van der Waals surface area contributed by atoms with Crippen molar-refractivity contribution in [3.05, 3.63) is 29.8 Å². The molecular weight excluding hydrogens is 212 g/mol. The Morgan fingerprint density at radius 1 is 1.47 bits per heavy atom. The van der Waals surface area contributed by atoms with Gasteiger partial charge in [0, 0.05) is 25.7 Å². The molecular formula is C14H22N2O. The Morgan fingerprint density at radius 2 is 2.35 bits per heavy atom. The van der Waals surface area contributed by atoms with Crippen LogP contribution in [-0.4, -0.2) is 44.2 Å². The molecule has 0 spiro atoms. The SMILES string of the molecule is CCN1CCNC(Cc2cccc(OC)c2)C1. The van der Waals surface area contributed by atoms with Gasteiger partial charge in [0.15, 0.2) is 0 Å². The molecule has 0 aromatic heterocycles. The molecule has 1 heterocycles. The molecule has 1 aliphatic rings. The van der Waals surface area contributed by atoms with Crippen molar-refractivity contribution < 1.29 is 4.74 Å². The van der Waals surface area contributed by atoms with E-state index in [9.17, 15) is 0 Å². The molecule has 1 N–H and O–H groups in total. The summed E-state index contributed by atoms with van der Waals surface area (Å²) in [6.45, 7) is 6.80. The van der Waals surface area contributed by atoms with E-state index in [2.05, 4.69) is 35.3 Å². The minimum atomic E-state index is 0.566. The quantitative estimate of drug-likeness (QED) is 0.855. The largest absolute Gasteiger partial charge is 0.497 e. The third kappa shape index (κ3) is 3.45. The third-order valence-corrected chi connectivity index (χ3v) is 3.40. The summed E-state index contributed by atoms with van der Waals surface area (Å²) in [6, 6.07) is 8.93. The number of nitrogens with zero attached hydrogens (tertiary/aromatic N) is 1. The zero-order chi connectivity index (χ0) is 12.1. The Labute approximate surface area is 104 Å². The molecule has 1 aromatic rings. The first kappa shape index (κ1) is 12.4. The first-order valence-electron chi connectivity index (χ1n) is 6.40. The standard InChI is InChI=1S/C14H22N2O/c1-3-16-8-7-15-13(11-16)9-12-5-4-6-14(10-12)17-2/h4-6,10,13,15H,3,7-9,11H2,1-2H3. The number of hydrogen-bond donors (Lipinski definition) is 1. The van der Waals surface area contributed by atoms with Crippen LogP contribution in [0.25, 0.3) is 0 Å². The highest BCUT2D eigenvalue weighted by Crippen LogP contribution is 2.15. The van der Waals surface area contributed by atoms with E-state index >= 15 is 0 Å². The molecule has 94 valence electrons. The Morgan fingerprint density at radius 3 is 3.12 bits per heavy atom. The fourth-order valence-electron chi connectivity index (χ4n) is 2.40. The summed E-state index contributed by atoms with van der Waals surface area (Å²) in [5.74, 6) is 0.950. The first-order chi connectivity index (χ1) is 8.31. The predicted molar refractivity (Wildman–Crippen MR) is 70.6 cm³/mol. The van der Waals surface area contributed by atoms with Crippen molar-refractivity contribution in [2.75, 3.05) is 33.3 Å². The smallest absolute Gasteiger partial charge is 0.119 e. The van der Waals surface area contributed by atoms with E-state index < -0.39 is 0 Å². The fourth-order valence-corrected chi connectivity index (χ4v) is 2.40. The number of hydrogen-bond acceptors (Lipinski definition) is 3. The third-order valence-electron chi connectivity index (χ3n) is 3.40. The molecule has 0 saturated carbocycles. The summed E-state index contributed by atoms with van der Waals surface area (Å²) in [4.78, 5) is 2.50. The molecule has 0 bridgehead atoms. The lowest BCUT2D eigenvalue weighted by molar-refractivity contribution is 0.208. The second-order valence-corrected chi connectivity index (χ2v) is 4.60. The lowest BCUT2D eigenvalue weighted by atomic mass is 10.0. The molecule has 3 nitrogen and oxygen atoms in total. The second-order valence-electron chi connectivity index (χ2n) is 4.60. The van der Waals surface area contributed by atoms with Gasteiger partial charge < -0.3 is 15.0 Å². The van der Waals surface area contributed by atoms with Gasteiger partial charge in [0.25, 0.3) is 0 Å². The molecule has 1 atom stereocenters. The second kappa shape index (κ2) is 6.03. The summed E-state index contributed by atoms with van der Waals surface area (Å²) < 4.78 is 5.26. The maximum atomic E-state index is 5.26. The van der Waals surface area contributed by atoms with Gasteiger partial charge >= 0.3 is 0 Å². The molecule has 2 rings (SSSR count). The Balaban J connectivity index is 1.95. The van der Waals surface area contributed by atoms with Crippen LogP contribution in [0.4, 0.5) is 0 Å². The summed E-state index contributed by atoms with van der Waals surface area (Å²) in [5.41, 5.74) is 1.35. The van der Waals surface area contributed by atoms with Gasteiger partial charge in [-0.1, -0.05) is 19.1 Å². The zero-order valence-corrected chi connectivity index (χ0v) is 10.8. The molecule has 0 aliphatic carbocycles. The van der Waals surface area contributed by atoms with E-state index in [1.54, 1.807) is 7.11 Å². The topological polar surface area (TPSA) is 24.5 Å². The van der Waals surface area contributed by atoms with E-state index in [1.165, 1.54) is 12.1 Å². The van der Waals surface area contributed by atoms with Crippen molar-refractivity contribution in [2.24, 2.45) is 0 Å². The number of rotatable bonds is 4. The number of methoxy groups -OCH3 is 1. The fraction of sp³-hybridized carbons (Fsp3) is 0.571. The van der Waals surface area contributed by atoms with Crippen molar-refractivity contribution in [1.82, 2.24) is 10.2 Å². The lowest BCUT2D eigenvalue weighted by Crippen LogP contribution is -2.51. The van der Waals surface area contributed by atoms with Gasteiger partial charge in [-0.25, -0.2) is 0 Å². The Bertz CT molecular complexity index is 354. The number of nitrogens with one attached hydrogen (secondary N) is 1. The highest BCUT2D eigenvalue weighted by atomic mass is 16.5. The van der Waals surface area contributed by atoms with Crippen molar-refractivity contribution in [1.29, 1.82) is 0 Å². The van der Waals surface area contributed by atoms with Crippen LogP contribution in [0.3, 0.4) is 0 Å². The zero-order valence-electron chi connectivity index (χ0n) is 10.8. The minimum absolute atomic E-state index is 0.566.